The molecule has 0 atom stereocenters. The number of nitrogens with one attached hydrogen (secondary N) is 1. The molecule has 0 aliphatic carbocycles. The van der Waals surface area contributed by atoms with E-state index in [0.717, 1.165) is 42.2 Å². The van der Waals surface area contributed by atoms with E-state index in [1.807, 2.05) is 30.9 Å². The second kappa shape index (κ2) is 10.0. The fourth-order valence-electron chi connectivity index (χ4n) is 2.99. The number of thiol groups is 1. The van der Waals surface area contributed by atoms with E-state index in [1.165, 1.54) is 11.1 Å². The van der Waals surface area contributed by atoms with Crippen molar-refractivity contribution in [2.45, 2.75) is 26.7 Å². The van der Waals surface area contributed by atoms with E-state index in [-0.39, 0.29) is 0 Å². The molecule has 0 fully saturated rings. The summed E-state index contributed by atoms with van der Waals surface area (Å²) in [6.07, 6.45) is 5.80. The van der Waals surface area contributed by atoms with Crippen LogP contribution in [0.25, 0.3) is 11.1 Å². The third-order valence-corrected chi connectivity index (χ3v) is 4.35. The van der Waals surface area contributed by atoms with E-state index in [2.05, 4.69) is 71.4 Å². The van der Waals surface area contributed by atoms with Crippen molar-refractivity contribution in [3.05, 3.63) is 65.6 Å². The van der Waals surface area contributed by atoms with E-state index < -0.39 is 0 Å². The summed E-state index contributed by atoms with van der Waals surface area (Å²) in [6, 6.07) is 14.7. The third kappa shape index (κ3) is 5.11. The fourth-order valence-corrected chi connectivity index (χ4v) is 2.99. The van der Waals surface area contributed by atoms with Crippen LogP contribution >= 0.6 is 12.6 Å². The molecule has 2 heterocycles. The molecule has 0 saturated carbocycles. The van der Waals surface area contributed by atoms with Gasteiger partial charge in [-0.2, -0.15) is 17.7 Å². The second-order valence-electron chi connectivity index (χ2n) is 6.12. The number of benzene rings is 1. The maximum Gasteiger partial charge on any atom is 0.125 e. The topological polar surface area (TPSA) is 42.7 Å². The van der Waals surface area contributed by atoms with Crippen molar-refractivity contribution in [3.8, 4) is 11.1 Å². The number of pyridine rings is 1. The molecule has 138 valence electrons. The molecule has 2 aromatic heterocycles. The number of rotatable bonds is 6. The first-order valence-corrected chi connectivity index (χ1v) is 9.74. The van der Waals surface area contributed by atoms with Gasteiger partial charge in [-0.3, -0.25) is 4.68 Å². The Balaban J connectivity index is 0.00000117. The minimum absolute atomic E-state index is 0.922. The molecule has 3 rings (SSSR count). The predicted molar refractivity (Wildman–Crippen MR) is 114 cm³/mol. The number of hydrogen-bond acceptors (Lipinski definition) is 4. The zero-order valence-corrected chi connectivity index (χ0v) is 16.9. The quantitative estimate of drug-likeness (QED) is 0.490. The molecule has 1 aromatic carbocycles. The lowest BCUT2D eigenvalue weighted by molar-refractivity contribution is 0.731. The molecule has 5 heteroatoms. The molecule has 0 bridgehead atoms. The van der Waals surface area contributed by atoms with Crippen molar-refractivity contribution >= 4 is 18.4 Å². The zero-order valence-electron chi connectivity index (χ0n) is 16.0. The fraction of sp³-hybridized carbons (Fsp3) is 0.333. The van der Waals surface area contributed by atoms with Crippen molar-refractivity contribution in [1.29, 1.82) is 0 Å². The first-order chi connectivity index (χ1) is 12.6. The van der Waals surface area contributed by atoms with Crippen molar-refractivity contribution in [2.75, 3.05) is 18.1 Å². The van der Waals surface area contributed by atoms with Gasteiger partial charge in [0.05, 0.1) is 5.69 Å². The number of hydrogen-bond donors (Lipinski definition) is 2. The first-order valence-electron chi connectivity index (χ1n) is 8.84. The summed E-state index contributed by atoms with van der Waals surface area (Å²) in [6.45, 7) is 5.05. The Hall–Kier alpha value is -2.27. The number of aryl methyl sites for hydroxylation is 3. The summed E-state index contributed by atoms with van der Waals surface area (Å²) in [7, 11) is 1.97. The Kier molecular flexibility index (Phi) is 7.73. The van der Waals surface area contributed by atoms with Crippen LogP contribution in [-0.2, 0) is 13.5 Å². The molecule has 1 N–H and O–H groups in total. The van der Waals surface area contributed by atoms with Crippen LogP contribution in [0.2, 0.25) is 0 Å². The highest BCUT2D eigenvalue weighted by molar-refractivity contribution is 7.79. The molecule has 4 nitrogen and oxygen atoms in total. The lowest BCUT2D eigenvalue weighted by Gasteiger charge is -2.07. The molecule has 0 spiro atoms. The van der Waals surface area contributed by atoms with Gasteiger partial charge in [-0.25, -0.2) is 4.98 Å². The van der Waals surface area contributed by atoms with Gasteiger partial charge in [-0.1, -0.05) is 30.3 Å². The average Bonchev–Trinajstić information content (AvgIpc) is 2.94. The van der Waals surface area contributed by atoms with Gasteiger partial charge in [-0.15, -0.1) is 0 Å². The third-order valence-electron chi connectivity index (χ3n) is 4.35. The van der Waals surface area contributed by atoms with E-state index in [1.54, 1.807) is 6.26 Å². The van der Waals surface area contributed by atoms with Crippen molar-refractivity contribution in [3.63, 3.8) is 0 Å². The molecule has 0 amide bonds. The normalized spacial score (nSPS) is 10.2. The highest BCUT2D eigenvalue weighted by atomic mass is 32.1. The summed E-state index contributed by atoms with van der Waals surface area (Å²) in [4.78, 5) is 4.54. The number of anilines is 1. The Morgan fingerprint density at radius 3 is 2.35 bits per heavy atom. The molecule has 0 unspecified atom stereocenters. The lowest BCUT2D eigenvalue weighted by Crippen LogP contribution is -2.04. The molecule has 0 aliphatic heterocycles. The van der Waals surface area contributed by atoms with E-state index in [9.17, 15) is 0 Å². The van der Waals surface area contributed by atoms with Crippen molar-refractivity contribution in [1.82, 2.24) is 14.8 Å². The van der Waals surface area contributed by atoms with E-state index >= 15 is 0 Å². The minimum atomic E-state index is 0.922. The van der Waals surface area contributed by atoms with Gasteiger partial charge < -0.3 is 5.32 Å². The van der Waals surface area contributed by atoms with Crippen LogP contribution in [0.1, 0.15) is 23.4 Å². The molecule has 0 aliphatic rings. The van der Waals surface area contributed by atoms with E-state index in [4.69, 9.17) is 0 Å². The van der Waals surface area contributed by atoms with Crippen LogP contribution in [0.15, 0.2) is 48.7 Å². The monoisotopic (exact) mass is 368 g/mol. The van der Waals surface area contributed by atoms with Gasteiger partial charge in [0.25, 0.3) is 0 Å². The molecular formula is C21H28N4S. The average molecular weight is 369 g/mol. The van der Waals surface area contributed by atoms with Gasteiger partial charge in [-0.05, 0) is 50.6 Å². The molecule has 0 saturated heterocycles. The highest BCUT2D eigenvalue weighted by Crippen LogP contribution is 2.26. The Morgan fingerprint density at radius 2 is 1.77 bits per heavy atom. The summed E-state index contributed by atoms with van der Waals surface area (Å²) in [5.41, 5.74) is 5.89. The smallest absolute Gasteiger partial charge is 0.125 e. The largest absolute Gasteiger partial charge is 0.370 e. The number of nitrogens with zero attached hydrogens (tertiary/aromatic N) is 3. The van der Waals surface area contributed by atoms with Crippen molar-refractivity contribution in [2.24, 2.45) is 7.05 Å². The molecule has 3 aromatic rings. The standard InChI is InChI=1S/C20H24N4.CH4S/c1-15-20(16(2)24(3)23-15)18-11-12-19(22-14-18)21-13-7-10-17-8-5-4-6-9-17;1-2/h4-6,8-9,11-12,14H,7,10,13H2,1-3H3,(H,21,22);2H,1H3. The molecule has 0 radical (unpaired) electrons. The predicted octanol–water partition coefficient (Wildman–Crippen LogP) is 4.69. The summed E-state index contributed by atoms with van der Waals surface area (Å²) in [5, 5.41) is 7.87. The van der Waals surface area contributed by atoms with Crippen LogP contribution < -0.4 is 5.32 Å². The SMILES string of the molecule is CS.Cc1nn(C)c(C)c1-c1ccc(NCCCc2ccccc2)nc1. The minimum Gasteiger partial charge on any atom is -0.370 e. The second-order valence-corrected chi connectivity index (χ2v) is 6.12. The first kappa shape index (κ1) is 20.0. The van der Waals surface area contributed by atoms with Gasteiger partial charge in [0.1, 0.15) is 5.82 Å². The van der Waals surface area contributed by atoms with Crippen LogP contribution in [-0.4, -0.2) is 27.6 Å². The lowest BCUT2D eigenvalue weighted by atomic mass is 10.1. The van der Waals surface area contributed by atoms with Gasteiger partial charge in [0.2, 0.25) is 0 Å². The molecule has 26 heavy (non-hydrogen) atoms. The Labute approximate surface area is 162 Å². The van der Waals surface area contributed by atoms with Crippen LogP contribution in [0.3, 0.4) is 0 Å². The van der Waals surface area contributed by atoms with E-state index in [0.29, 0.717) is 0 Å². The van der Waals surface area contributed by atoms with Crippen LogP contribution in [0, 0.1) is 13.8 Å². The highest BCUT2D eigenvalue weighted by Gasteiger charge is 2.11. The Morgan fingerprint density at radius 1 is 1.04 bits per heavy atom. The molecular weight excluding hydrogens is 340 g/mol. The zero-order chi connectivity index (χ0) is 18.9. The summed E-state index contributed by atoms with van der Waals surface area (Å²) in [5.74, 6) is 0.922. The van der Waals surface area contributed by atoms with Gasteiger partial charge >= 0.3 is 0 Å². The van der Waals surface area contributed by atoms with Crippen LogP contribution in [0.5, 0.6) is 0 Å². The maximum absolute atomic E-state index is 4.54. The van der Waals surface area contributed by atoms with Crippen molar-refractivity contribution < 1.29 is 0 Å². The Bertz CT molecular complexity index is 795. The van der Waals surface area contributed by atoms with Gasteiger partial charge in [0.15, 0.2) is 0 Å². The van der Waals surface area contributed by atoms with Crippen LogP contribution in [0.4, 0.5) is 5.82 Å². The maximum atomic E-state index is 4.54. The summed E-state index contributed by atoms with van der Waals surface area (Å²) < 4.78 is 1.92. The van der Waals surface area contributed by atoms with Gasteiger partial charge in [0, 0.05) is 36.6 Å². The number of aromatic nitrogens is 3. The summed E-state index contributed by atoms with van der Waals surface area (Å²) >= 11 is 3.53.